The van der Waals surface area contributed by atoms with Gasteiger partial charge in [0.15, 0.2) is 0 Å². The van der Waals surface area contributed by atoms with Crippen molar-refractivity contribution in [1.29, 1.82) is 0 Å². The molecule has 0 aromatic carbocycles. The zero-order chi connectivity index (χ0) is 12.7. The average molecular weight is 237 g/mol. The molecule has 1 heterocycles. The summed E-state index contributed by atoms with van der Waals surface area (Å²) in [4.78, 5) is 0. The monoisotopic (exact) mass is 237 g/mol. The van der Waals surface area contributed by atoms with Crippen molar-refractivity contribution in [2.45, 2.75) is 33.2 Å². The van der Waals surface area contributed by atoms with E-state index in [1.165, 1.54) is 0 Å². The molecule has 0 fully saturated rings. The van der Waals surface area contributed by atoms with Crippen molar-refractivity contribution >= 4 is 6.20 Å². The maximum atomic E-state index is 9.45. The Kier molecular flexibility index (Phi) is 5.38. The number of aromatic nitrogens is 2. The van der Waals surface area contributed by atoms with Crippen LogP contribution in [0.4, 0.5) is 0 Å². The van der Waals surface area contributed by atoms with Gasteiger partial charge in [-0.1, -0.05) is 20.4 Å². The van der Waals surface area contributed by atoms with Gasteiger partial charge in [0.05, 0.1) is 6.20 Å². The molecule has 0 saturated carbocycles. The summed E-state index contributed by atoms with van der Waals surface area (Å²) in [6.07, 6.45) is 7.41. The number of aliphatic hydroxyl groups is 1. The Morgan fingerprint density at radius 2 is 2.24 bits per heavy atom. The van der Waals surface area contributed by atoms with Crippen molar-refractivity contribution in [1.82, 2.24) is 15.1 Å². The first-order valence-corrected chi connectivity index (χ1v) is 6.17. The number of rotatable bonds is 8. The van der Waals surface area contributed by atoms with Gasteiger partial charge in [0, 0.05) is 43.1 Å². The molecule has 0 radical (unpaired) electrons. The second-order valence-electron chi connectivity index (χ2n) is 4.48. The van der Waals surface area contributed by atoms with Gasteiger partial charge in [0.1, 0.15) is 0 Å². The Balaban J connectivity index is 2.43. The van der Waals surface area contributed by atoms with E-state index in [4.69, 9.17) is 0 Å². The Morgan fingerprint density at radius 1 is 1.53 bits per heavy atom. The van der Waals surface area contributed by atoms with E-state index in [0.29, 0.717) is 0 Å². The summed E-state index contributed by atoms with van der Waals surface area (Å²) in [6, 6.07) is 0. The van der Waals surface area contributed by atoms with Crippen LogP contribution in [0.3, 0.4) is 0 Å². The van der Waals surface area contributed by atoms with E-state index in [0.717, 1.165) is 31.5 Å². The van der Waals surface area contributed by atoms with Gasteiger partial charge < -0.3 is 10.4 Å². The zero-order valence-electron chi connectivity index (χ0n) is 10.8. The molecular weight excluding hydrogens is 214 g/mol. The second kappa shape index (κ2) is 6.57. The summed E-state index contributed by atoms with van der Waals surface area (Å²) in [6.45, 7) is 9.73. The van der Waals surface area contributed by atoms with E-state index in [1.807, 2.05) is 12.4 Å². The predicted octanol–water partition coefficient (Wildman–Crippen LogP) is 1.87. The van der Waals surface area contributed by atoms with Gasteiger partial charge in [-0.25, -0.2) is 4.68 Å². The summed E-state index contributed by atoms with van der Waals surface area (Å²) in [5.74, 6) is 0. The minimum absolute atomic E-state index is 0.00836. The number of nitrogens with zero attached hydrogens (tertiary/aromatic N) is 2. The highest BCUT2D eigenvalue weighted by atomic mass is 16.3. The first-order chi connectivity index (χ1) is 8.19. The van der Waals surface area contributed by atoms with Crippen LogP contribution in [0.1, 0.15) is 32.3 Å². The molecule has 0 aliphatic rings. The van der Waals surface area contributed by atoms with E-state index in [1.54, 1.807) is 10.9 Å². The lowest BCUT2D eigenvalue weighted by Crippen LogP contribution is -2.36. The molecule has 1 aromatic heterocycles. The quantitative estimate of drug-likeness (QED) is 0.725. The second-order valence-corrected chi connectivity index (χ2v) is 4.48. The highest BCUT2D eigenvalue weighted by molar-refractivity contribution is 5.17. The molecule has 4 heteroatoms. The number of aliphatic hydroxyl groups excluding tert-OH is 1. The third kappa shape index (κ3) is 3.68. The molecule has 0 saturated heterocycles. The van der Waals surface area contributed by atoms with Crippen LogP contribution in [-0.4, -0.2) is 28.0 Å². The van der Waals surface area contributed by atoms with Crippen molar-refractivity contribution in [3.8, 4) is 0 Å². The normalized spacial score (nSPS) is 11.7. The van der Waals surface area contributed by atoms with E-state index in [2.05, 4.69) is 30.8 Å². The highest BCUT2D eigenvalue weighted by Gasteiger charge is 2.24. The van der Waals surface area contributed by atoms with E-state index in [-0.39, 0.29) is 12.0 Å². The molecule has 17 heavy (non-hydrogen) atoms. The zero-order valence-corrected chi connectivity index (χ0v) is 10.8. The summed E-state index contributed by atoms with van der Waals surface area (Å²) in [5, 5.41) is 17.0. The molecule has 0 amide bonds. The maximum absolute atomic E-state index is 9.45. The van der Waals surface area contributed by atoms with Crippen LogP contribution >= 0.6 is 0 Å². The Bertz CT molecular complexity index is 334. The average Bonchev–Trinajstić information content (AvgIpc) is 2.83. The molecule has 1 rings (SSSR count). The first kappa shape index (κ1) is 13.9. The fourth-order valence-electron chi connectivity index (χ4n) is 1.82. The van der Waals surface area contributed by atoms with Crippen LogP contribution in [-0.2, 0) is 6.54 Å². The van der Waals surface area contributed by atoms with Crippen molar-refractivity contribution < 1.29 is 5.11 Å². The SMILES string of the molecule is C=Cn1cc(CNCC(CC)(CC)CO)cn1. The third-order valence-electron chi connectivity index (χ3n) is 3.51. The molecule has 0 atom stereocenters. The minimum Gasteiger partial charge on any atom is -0.396 e. The van der Waals surface area contributed by atoms with Gasteiger partial charge in [-0.15, -0.1) is 0 Å². The molecule has 2 N–H and O–H groups in total. The van der Waals surface area contributed by atoms with Gasteiger partial charge >= 0.3 is 0 Å². The number of hydrogen-bond donors (Lipinski definition) is 2. The fourth-order valence-corrected chi connectivity index (χ4v) is 1.82. The summed E-state index contributed by atoms with van der Waals surface area (Å²) in [7, 11) is 0. The van der Waals surface area contributed by atoms with Crippen LogP contribution in [0.15, 0.2) is 19.0 Å². The standard InChI is InChI=1S/C13H23N3O/c1-4-13(5-2,11-17)10-14-7-12-8-15-16(6-3)9-12/h6,8-9,14,17H,3-5,7,10-11H2,1-2H3. The first-order valence-electron chi connectivity index (χ1n) is 6.17. The van der Waals surface area contributed by atoms with Crippen molar-refractivity contribution in [2.24, 2.45) is 5.41 Å². The van der Waals surface area contributed by atoms with E-state index in [9.17, 15) is 5.11 Å². The lowest BCUT2D eigenvalue weighted by atomic mass is 9.83. The molecule has 0 bridgehead atoms. The van der Waals surface area contributed by atoms with Crippen molar-refractivity contribution in [3.05, 3.63) is 24.5 Å². The summed E-state index contributed by atoms with van der Waals surface area (Å²) < 4.78 is 1.69. The lowest BCUT2D eigenvalue weighted by Gasteiger charge is -2.29. The molecule has 0 spiro atoms. The molecular formula is C13H23N3O. The Morgan fingerprint density at radius 3 is 2.71 bits per heavy atom. The van der Waals surface area contributed by atoms with Crippen LogP contribution in [0.2, 0.25) is 0 Å². The van der Waals surface area contributed by atoms with Crippen LogP contribution in [0.5, 0.6) is 0 Å². The molecule has 0 aliphatic carbocycles. The fraction of sp³-hybridized carbons (Fsp3) is 0.615. The van der Waals surface area contributed by atoms with Gasteiger partial charge in [-0.3, -0.25) is 0 Å². The van der Waals surface area contributed by atoms with Crippen molar-refractivity contribution in [3.63, 3.8) is 0 Å². The van der Waals surface area contributed by atoms with Crippen LogP contribution in [0.25, 0.3) is 6.20 Å². The smallest absolute Gasteiger partial charge is 0.0538 e. The molecule has 1 aromatic rings. The van der Waals surface area contributed by atoms with Gasteiger partial charge in [-0.2, -0.15) is 5.10 Å². The van der Waals surface area contributed by atoms with Crippen LogP contribution in [0, 0.1) is 5.41 Å². The molecule has 0 unspecified atom stereocenters. The molecule has 0 aliphatic heterocycles. The third-order valence-corrected chi connectivity index (χ3v) is 3.51. The largest absolute Gasteiger partial charge is 0.396 e. The summed E-state index contributed by atoms with van der Waals surface area (Å²) >= 11 is 0. The highest BCUT2D eigenvalue weighted by Crippen LogP contribution is 2.24. The topological polar surface area (TPSA) is 50.1 Å². The van der Waals surface area contributed by atoms with Crippen molar-refractivity contribution in [2.75, 3.05) is 13.2 Å². The lowest BCUT2D eigenvalue weighted by molar-refractivity contribution is 0.113. The Labute approximate surface area is 103 Å². The predicted molar refractivity (Wildman–Crippen MR) is 70.4 cm³/mol. The number of hydrogen-bond acceptors (Lipinski definition) is 3. The van der Waals surface area contributed by atoms with Gasteiger partial charge in [0.25, 0.3) is 0 Å². The van der Waals surface area contributed by atoms with E-state index < -0.39 is 0 Å². The summed E-state index contributed by atoms with van der Waals surface area (Å²) in [5.41, 5.74) is 1.14. The number of nitrogens with one attached hydrogen (secondary N) is 1. The van der Waals surface area contributed by atoms with E-state index >= 15 is 0 Å². The maximum Gasteiger partial charge on any atom is 0.0538 e. The molecule has 4 nitrogen and oxygen atoms in total. The van der Waals surface area contributed by atoms with Gasteiger partial charge in [-0.05, 0) is 12.8 Å². The molecule has 96 valence electrons. The minimum atomic E-state index is 0.00836. The van der Waals surface area contributed by atoms with Crippen LogP contribution < -0.4 is 5.32 Å². The van der Waals surface area contributed by atoms with Gasteiger partial charge in [0.2, 0.25) is 0 Å². The Hall–Kier alpha value is -1.13.